The van der Waals surface area contributed by atoms with Crippen molar-refractivity contribution < 1.29 is 9.59 Å². The van der Waals surface area contributed by atoms with Gasteiger partial charge in [-0.05, 0) is 91.4 Å². The van der Waals surface area contributed by atoms with Crippen LogP contribution in [0.2, 0.25) is 0 Å². The second-order valence-corrected chi connectivity index (χ2v) is 12.8. The van der Waals surface area contributed by atoms with E-state index in [2.05, 4.69) is 45.0 Å². The van der Waals surface area contributed by atoms with Crippen LogP contribution in [-0.2, 0) is 4.79 Å². The molecule has 210 valence electrons. The first-order valence-corrected chi connectivity index (χ1v) is 15.9. The van der Waals surface area contributed by atoms with Crippen LogP contribution in [-0.4, -0.2) is 71.3 Å². The van der Waals surface area contributed by atoms with Crippen molar-refractivity contribution in [1.82, 2.24) is 14.7 Å². The van der Waals surface area contributed by atoms with E-state index in [4.69, 9.17) is 0 Å². The number of likely N-dealkylation sites (tertiary alicyclic amines) is 3. The van der Waals surface area contributed by atoms with E-state index in [1.165, 1.54) is 38.5 Å². The lowest BCUT2D eigenvalue weighted by molar-refractivity contribution is -0.144. The van der Waals surface area contributed by atoms with Crippen molar-refractivity contribution in [3.05, 3.63) is 60.2 Å². The van der Waals surface area contributed by atoms with Crippen LogP contribution in [0.4, 0.5) is 0 Å². The second-order valence-electron chi connectivity index (χ2n) is 12.8. The van der Waals surface area contributed by atoms with E-state index >= 15 is 0 Å². The molecule has 3 unspecified atom stereocenters. The molecule has 0 radical (unpaired) electrons. The Labute approximate surface area is 238 Å². The van der Waals surface area contributed by atoms with Crippen molar-refractivity contribution in [3.8, 4) is 0 Å². The van der Waals surface area contributed by atoms with Crippen molar-refractivity contribution in [2.24, 2.45) is 11.8 Å². The van der Waals surface area contributed by atoms with Gasteiger partial charge >= 0.3 is 0 Å². The number of nitrogens with zero attached hydrogens (tertiary/aromatic N) is 3. The van der Waals surface area contributed by atoms with Gasteiger partial charge in [-0.1, -0.05) is 61.4 Å². The highest BCUT2D eigenvalue weighted by Gasteiger charge is 2.40. The van der Waals surface area contributed by atoms with Crippen LogP contribution >= 0.6 is 0 Å². The van der Waals surface area contributed by atoms with Crippen LogP contribution in [0.15, 0.2) is 54.6 Å². The number of rotatable bonds is 3. The van der Waals surface area contributed by atoms with Gasteiger partial charge in [0.1, 0.15) is 0 Å². The van der Waals surface area contributed by atoms with Gasteiger partial charge in [0.2, 0.25) is 5.91 Å². The topological polar surface area (TPSA) is 43.9 Å². The summed E-state index contributed by atoms with van der Waals surface area (Å²) < 4.78 is 0. The first kappa shape index (κ1) is 26.0. The average molecular weight is 538 g/mol. The lowest BCUT2D eigenvalue weighted by Crippen LogP contribution is -2.55. The largest absolute Gasteiger partial charge is 0.339 e. The Kier molecular flexibility index (Phi) is 7.26. The number of hydrogen-bond acceptors (Lipinski definition) is 3. The standard InChI is InChI=1S/C35H43N3O2/c39-34(38-20-8-12-25-9-3-6-16-32(25)38)28-13-7-19-37(24-28)29-17-21-36(22-18-29)35(40)33-30-14-4-1-10-26(30)23-27-11-2-5-15-31(27)33/h1-2,4-5,10-11,14-15,23,25,28-29,32H,3,6-9,12-13,16-22,24H2. The Morgan fingerprint density at radius 1 is 0.675 bits per heavy atom. The summed E-state index contributed by atoms with van der Waals surface area (Å²) in [5.74, 6) is 1.49. The minimum absolute atomic E-state index is 0.149. The van der Waals surface area contributed by atoms with Crippen LogP contribution in [0.3, 0.4) is 0 Å². The SMILES string of the molecule is O=C(c1c2ccccc2cc2ccccc12)N1CCC(N2CCCC(C(=O)N3CCCC4CCCCC43)C2)CC1. The Hall–Kier alpha value is -2.92. The van der Waals surface area contributed by atoms with Crippen LogP contribution in [0.1, 0.15) is 74.6 Å². The van der Waals surface area contributed by atoms with Crippen LogP contribution in [0.5, 0.6) is 0 Å². The third-order valence-electron chi connectivity index (χ3n) is 10.6. The molecule has 0 aromatic heterocycles. The van der Waals surface area contributed by atoms with E-state index in [-0.39, 0.29) is 11.8 Å². The predicted molar refractivity (Wildman–Crippen MR) is 161 cm³/mol. The third-order valence-corrected chi connectivity index (χ3v) is 10.6. The Bertz CT molecular complexity index is 1340. The van der Waals surface area contributed by atoms with Gasteiger partial charge in [-0.2, -0.15) is 0 Å². The molecule has 4 fully saturated rings. The molecule has 1 saturated carbocycles. The molecule has 5 nitrogen and oxygen atoms in total. The number of amides is 2. The first-order chi connectivity index (χ1) is 19.7. The fourth-order valence-electron chi connectivity index (χ4n) is 8.51. The van der Waals surface area contributed by atoms with Crippen LogP contribution in [0, 0.1) is 11.8 Å². The number of hydrogen-bond donors (Lipinski definition) is 0. The van der Waals surface area contributed by atoms with Crippen molar-refractivity contribution in [2.75, 3.05) is 32.7 Å². The van der Waals surface area contributed by atoms with Gasteiger partial charge in [-0.15, -0.1) is 0 Å². The summed E-state index contributed by atoms with van der Waals surface area (Å²) >= 11 is 0. The number of carbonyl (C=O) groups is 2. The molecule has 7 rings (SSSR count). The molecule has 3 aliphatic heterocycles. The molecular formula is C35H43N3O2. The Morgan fingerprint density at radius 2 is 1.32 bits per heavy atom. The molecule has 3 aromatic rings. The normalized spacial score (nSPS) is 26.6. The van der Waals surface area contributed by atoms with Crippen molar-refractivity contribution in [2.45, 2.75) is 76.3 Å². The number of piperidine rings is 3. The maximum atomic E-state index is 14.0. The highest BCUT2D eigenvalue weighted by atomic mass is 16.2. The average Bonchev–Trinajstić information content (AvgIpc) is 3.03. The lowest BCUT2D eigenvalue weighted by Gasteiger charge is -2.47. The predicted octanol–water partition coefficient (Wildman–Crippen LogP) is 6.49. The van der Waals surface area contributed by atoms with Gasteiger partial charge < -0.3 is 9.80 Å². The molecule has 5 heteroatoms. The third kappa shape index (κ3) is 4.81. The van der Waals surface area contributed by atoms with Gasteiger partial charge in [0.15, 0.2) is 0 Å². The first-order valence-electron chi connectivity index (χ1n) is 15.9. The van der Waals surface area contributed by atoms with Gasteiger partial charge in [-0.25, -0.2) is 0 Å². The van der Waals surface area contributed by atoms with Gasteiger partial charge in [0.25, 0.3) is 5.91 Å². The van der Waals surface area contributed by atoms with E-state index in [0.717, 1.165) is 91.4 Å². The molecule has 1 aliphatic carbocycles. The summed E-state index contributed by atoms with van der Waals surface area (Å²) in [5.41, 5.74) is 0.846. The smallest absolute Gasteiger partial charge is 0.255 e. The van der Waals surface area contributed by atoms with E-state index in [0.29, 0.717) is 18.0 Å². The van der Waals surface area contributed by atoms with E-state index in [1.54, 1.807) is 0 Å². The van der Waals surface area contributed by atoms with Gasteiger partial charge in [0.05, 0.1) is 11.5 Å². The molecule has 3 aromatic carbocycles. The zero-order valence-corrected chi connectivity index (χ0v) is 23.8. The molecule has 3 atom stereocenters. The highest BCUT2D eigenvalue weighted by molar-refractivity contribution is 6.18. The summed E-state index contributed by atoms with van der Waals surface area (Å²) in [7, 11) is 0. The lowest BCUT2D eigenvalue weighted by atomic mass is 9.77. The molecule has 0 N–H and O–H groups in total. The van der Waals surface area contributed by atoms with Crippen molar-refractivity contribution in [3.63, 3.8) is 0 Å². The molecule has 2 amide bonds. The maximum Gasteiger partial charge on any atom is 0.255 e. The summed E-state index contributed by atoms with van der Waals surface area (Å²) in [6, 6.07) is 19.7. The fourth-order valence-corrected chi connectivity index (χ4v) is 8.51. The van der Waals surface area contributed by atoms with E-state index in [9.17, 15) is 9.59 Å². The van der Waals surface area contributed by atoms with Gasteiger partial charge in [-0.3, -0.25) is 14.5 Å². The summed E-state index contributed by atoms with van der Waals surface area (Å²) in [5, 5.41) is 4.33. The minimum Gasteiger partial charge on any atom is -0.339 e. The number of benzene rings is 3. The molecule has 4 aliphatic rings. The fraction of sp³-hybridized carbons (Fsp3) is 0.543. The summed E-state index contributed by atoms with van der Waals surface area (Å²) in [6.07, 6.45) is 11.8. The molecule has 40 heavy (non-hydrogen) atoms. The zero-order chi connectivity index (χ0) is 27.1. The molecular weight excluding hydrogens is 494 g/mol. The van der Waals surface area contributed by atoms with Gasteiger partial charge in [0, 0.05) is 38.3 Å². The summed E-state index contributed by atoms with van der Waals surface area (Å²) in [6.45, 7) is 4.53. The Morgan fingerprint density at radius 3 is 2.08 bits per heavy atom. The second kappa shape index (κ2) is 11.2. The molecule has 0 spiro atoms. The zero-order valence-electron chi connectivity index (χ0n) is 23.8. The summed E-state index contributed by atoms with van der Waals surface area (Å²) in [4.78, 5) is 34.8. The molecule has 3 heterocycles. The quantitative estimate of drug-likeness (QED) is 0.359. The maximum absolute atomic E-state index is 14.0. The Balaban J connectivity index is 1.03. The molecule has 3 saturated heterocycles. The minimum atomic E-state index is 0.149. The highest BCUT2D eigenvalue weighted by Crippen LogP contribution is 2.37. The van der Waals surface area contributed by atoms with Crippen LogP contribution < -0.4 is 0 Å². The van der Waals surface area contributed by atoms with Crippen molar-refractivity contribution in [1.29, 1.82) is 0 Å². The molecule has 0 bridgehead atoms. The number of carbonyl (C=O) groups excluding carboxylic acids is 2. The van der Waals surface area contributed by atoms with E-state index in [1.807, 2.05) is 24.3 Å². The monoisotopic (exact) mass is 537 g/mol. The number of fused-ring (bicyclic) bond motifs is 3. The van der Waals surface area contributed by atoms with Crippen molar-refractivity contribution >= 4 is 33.4 Å². The van der Waals surface area contributed by atoms with Crippen LogP contribution in [0.25, 0.3) is 21.5 Å². The van der Waals surface area contributed by atoms with E-state index < -0.39 is 0 Å².